The van der Waals surface area contributed by atoms with Crippen LogP contribution < -0.4 is 10.2 Å². The molecule has 0 aromatic carbocycles. The normalized spacial score (nSPS) is 28.5. The van der Waals surface area contributed by atoms with E-state index in [9.17, 15) is 4.79 Å². The number of urea groups is 1. The van der Waals surface area contributed by atoms with E-state index in [1.807, 2.05) is 19.2 Å². The van der Waals surface area contributed by atoms with Gasteiger partial charge in [0.25, 0.3) is 0 Å². The largest absolute Gasteiger partial charge is 0.373 e. The number of carbonyl (C=O) groups is 1. The van der Waals surface area contributed by atoms with Gasteiger partial charge in [-0.3, -0.25) is 4.90 Å². The quantitative estimate of drug-likeness (QED) is 0.895. The number of aromatic nitrogens is 1. The number of pyridine rings is 1. The molecule has 0 radical (unpaired) electrons. The molecular weight excluding hydrogens is 330 g/mol. The lowest BCUT2D eigenvalue weighted by molar-refractivity contribution is -0.0878. The molecule has 3 unspecified atom stereocenters. The fourth-order valence-electron chi connectivity index (χ4n) is 4.24. The summed E-state index contributed by atoms with van der Waals surface area (Å²) >= 11 is 0. The van der Waals surface area contributed by atoms with Crippen molar-refractivity contribution in [2.45, 2.75) is 37.8 Å². The summed E-state index contributed by atoms with van der Waals surface area (Å²) in [6.45, 7) is 5.87. The Labute approximate surface area is 155 Å². The molecule has 0 aliphatic carbocycles. The first-order valence-corrected chi connectivity index (χ1v) is 9.79. The van der Waals surface area contributed by atoms with E-state index in [1.165, 1.54) is 19.3 Å². The van der Waals surface area contributed by atoms with Crippen LogP contribution in [0, 0.1) is 0 Å². The highest BCUT2D eigenvalue weighted by Gasteiger charge is 2.36. The number of likely N-dealkylation sites (N-methyl/N-ethyl adjacent to an activating group) is 1. The van der Waals surface area contributed by atoms with Crippen LogP contribution in [0.2, 0.25) is 0 Å². The summed E-state index contributed by atoms with van der Waals surface area (Å²) in [5, 5.41) is 2.98. The molecule has 3 aliphatic rings. The number of anilines is 2. The Morgan fingerprint density at radius 2 is 2.08 bits per heavy atom. The number of hydrogen-bond acceptors (Lipinski definition) is 5. The van der Waals surface area contributed by atoms with Crippen LogP contribution in [0.25, 0.3) is 0 Å². The first-order valence-electron chi connectivity index (χ1n) is 9.79. The molecule has 26 heavy (non-hydrogen) atoms. The fraction of sp³-hybridized carbons (Fsp3) is 0.684. The molecule has 7 heteroatoms. The zero-order valence-electron chi connectivity index (χ0n) is 15.6. The summed E-state index contributed by atoms with van der Waals surface area (Å²) in [7, 11) is 1.86. The van der Waals surface area contributed by atoms with Crippen LogP contribution in [0.4, 0.5) is 16.3 Å². The van der Waals surface area contributed by atoms with E-state index in [2.05, 4.69) is 20.1 Å². The van der Waals surface area contributed by atoms with Crippen molar-refractivity contribution in [2.24, 2.45) is 0 Å². The molecule has 0 saturated carbocycles. The zero-order valence-corrected chi connectivity index (χ0v) is 15.6. The van der Waals surface area contributed by atoms with Gasteiger partial charge in [0, 0.05) is 39.8 Å². The number of amides is 2. The van der Waals surface area contributed by atoms with Crippen molar-refractivity contribution >= 4 is 17.5 Å². The first-order chi connectivity index (χ1) is 12.7. The number of nitrogens with one attached hydrogen (secondary N) is 1. The maximum Gasteiger partial charge on any atom is 0.321 e. The van der Waals surface area contributed by atoms with Crippen molar-refractivity contribution in [3.8, 4) is 0 Å². The monoisotopic (exact) mass is 359 g/mol. The minimum Gasteiger partial charge on any atom is -0.373 e. The summed E-state index contributed by atoms with van der Waals surface area (Å²) in [6, 6.07) is 3.99. The second kappa shape index (κ2) is 7.80. The third-order valence-electron chi connectivity index (χ3n) is 5.84. The van der Waals surface area contributed by atoms with Crippen LogP contribution in [0.1, 0.15) is 25.7 Å². The Morgan fingerprint density at radius 3 is 2.85 bits per heavy atom. The number of rotatable bonds is 3. The lowest BCUT2D eigenvalue weighted by atomic mass is 9.99. The highest BCUT2D eigenvalue weighted by molar-refractivity contribution is 5.89. The Morgan fingerprint density at radius 1 is 1.23 bits per heavy atom. The molecule has 1 aromatic rings. The molecule has 3 saturated heterocycles. The van der Waals surface area contributed by atoms with E-state index in [4.69, 9.17) is 4.74 Å². The van der Waals surface area contributed by atoms with Crippen LogP contribution in [0.15, 0.2) is 18.3 Å². The van der Waals surface area contributed by atoms with E-state index in [0.717, 1.165) is 57.3 Å². The maximum atomic E-state index is 12.7. The van der Waals surface area contributed by atoms with Gasteiger partial charge >= 0.3 is 6.03 Å². The number of fused-ring (bicyclic) bond motifs is 2. The number of carbonyl (C=O) groups excluding carboxylic acids is 1. The molecule has 7 nitrogen and oxygen atoms in total. The molecule has 0 spiro atoms. The van der Waals surface area contributed by atoms with Gasteiger partial charge in [-0.15, -0.1) is 0 Å². The van der Waals surface area contributed by atoms with Gasteiger partial charge in [0.05, 0.1) is 30.6 Å². The summed E-state index contributed by atoms with van der Waals surface area (Å²) in [6.07, 6.45) is 6.60. The number of ether oxygens (including phenoxy) is 1. The molecule has 4 heterocycles. The predicted octanol–water partition coefficient (Wildman–Crippen LogP) is 2.01. The van der Waals surface area contributed by atoms with Crippen LogP contribution >= 0.6 is 0 Å². The van der Waals surface area contributed by atoms with Crippen LogP contribution in [0.3, 0.4) is 0 Å². The molecular formula is C19H29N5O2. The Kier molecular flexibility index (Phi) is 5.26. The average Bonchev–Trinajstić information content (AvgIpc) is 2.69. The van der Waals surface area contributed by atoms with Gasteiger partial charge in [-0.05, 0) is 37.8 Å². The van der Waals surface area contributed by atoms with E-state index in [1.54, 1.807) is 11.1 Å². The standard InChI is InChI=1S/C19H29N5O2/c1-22(16-7-10-23-11-12-26-17(16)14-23)19(25)21-15-5-6-18(20-13-15)24-8-3-2-4-9-24/h5-6,13,16-17H,2-4,7-12,14H2,1H3,(H,21,25). The highest BCUT2D eigenvalue weighted by atomic mass is 16.5. The third kappa shape index (κ3) is 3.78. The molecule has 3 fully saturated rings. The summed E-state index contributed by atoms with van der Waals surface area (Å²) in [4.78, 5) is 23.7. The third-order valence-corrected chi connectivity index (χ3v) is 5.84. The summed E-state index contributed by atoms with van der Waals surface area (Å²) < 4.78 is 5.88. The molecule has 3 atom stereocenters. The molecule has 142 valence electrons. The van der Waals surface area contributed by atoms with Gasteiger partial charge < -0.3 is 19.9 Å². The van der Waals surface area contributed by atoms with Gasteiger partial charge in [0.1, 0.15) is 5.82 Å². The zero-order chi connectivity index (χ0) is 17.9. The van der Waals surface area contributed by atoms with Crippen LogP contribution in [-0.4, -0.2) is 79.3 Å². The van der Waals surface area contributed by atoms with Crippen molar-refractivity contribution in [1.29, 1.82) is 0 Å². The lowest BCUT2D eigenvalue weighted by Gasteiger charge is -2.45. The summed E-state index contributed by atoms with van der Waals surface area (Å²) in [5.74, 6) is 0.999. The van der Waals surface area contributed by atoms with Crippen LogP contribution in [0.5, 0.6) is 0 Å². The van der Waals surface area contributed by atoms with E-state index >= 15 is 0 Å². The van der Waals surface area contributed by atoms with E-state index in [-0.39, 0.29) is 18.2 Å². The van der Waals surface area contributed by atoms with Crippen molar-refractivity contribution in [1.82, 2.24) is 14.8 Å². The van der Waals surface area contributed by atoms with Crippen molar-refractivity contribution in [3.63, 3.8) is 0 Å². The number of nitrogens with zero attached hydrogens (tertiary/aromatic N) is 4. The topological polar surface area (TPSA) is 60.9 Å². The highest BCUT2D eigenvalue weighted by Crippen LogP contribution is 2.23. The molecule has 2 bridgehead atoms. The Balaban J connectivity index is 1.35. The Bertz CT molecular complexity index is 617. The average molecular weight is 359 g/mol. The molecule has 1 N–H and O–H groups in total. The second-order valence-electron chi connectivity index (χ2n) is 7.56. The second-order valence-corrected chi connectivity index (χ2v) is 7.56. The predicted molar refractivity (Wildman–Crippen MR) is 102 cm³/mol. The first kappa shape index (κ1) is 17.5. The maximum absolute atomic E-state index is 12.7. The van der Waals surface area contributed by atoms with Gasteiger partial charge in [-0.2, -0.15) is 0 Å². The van der Waals surface area contributed by atoms with Gasteiger partial charge in [-0.25, -0.2) is 9.78 Å². The van der Waals surface area contributed by atoms with Crippen molar-refractivity contribution in [2.75, 3.05) is 56.6 Å². The van der Waals surface area contributed by atoms with E-state index in [0.29, 0.717) is 0 Å². The number of piperidine rings is 2. The fourth-order valence-corrected chi connectivity index (χ4v) is 4.24. The van der Waals surface area contributed by atoms with E-state index < -0.39 is 0 Å². The van der Waals surface area contributed by atoms with Gasteiger partial charge in [-0.1, -0.05) is 0 Å². The van der Waals surface area contributed by atoms with Crippen molar-refractivity contribution in [3.05, 3.63) is 18.3 Å². The molecule has 4 rings (SSSR count). The number of hydrogen-bond donors (Lipinski definition) is 1. The lowest BCUT2D eigenvalue weighted by Crippen LogP contribution is -2.59. The molecule has 2 amide bonds. The minimum absolute atomic E-state index is 0.0925. The summed E-state index contributed by atoms with van der Waals surface area (Å²) in [5.41, 5.74) is 0.740. The SMILES string of the molecule is CN(C(=O)Nc1ccc(N2CCCCC2)nc1)C1CCN2CCOC1C2. The number of morpholine rings is 1. The van der Waals surface area contributed by atoms with Crippen LogP contribution in [-0.2, 0) is 4.74 Å². The smallest absolute Gasteiger partial charge is 0.321 e. The van der Waals surface area contributed by atoms with Crippen molar-refractivity contribution < 1.29 is 9.53 Å². The Hall–Kier alpha value is -1.86. The van der Waals surface area contributed by atoms with Gasteiger partial charge in [0.15, 0.2) is 0 Å². The molecule has 1 aromatic heterocycles. The minimum atomic E-state index is -0.0925. The van der Waals surface area contributed by atoms with Gasteiger partial charge in [0.2, 0.25) is 0 Å². The molecule has 3 aliphatic heterocycles.